The number of aliphatic carboxylic acids is 1. The number of thioether (sulfide) groups is 1. The van der Waals surface area contributed by atoms with Gasteiger partial charge < -0.3 is 5.11 Å². The van der Waals surface area contributed by atoms with E-state index in [1.54, 1.807) is 4.68 Å². The van der Waals surface area contributed by atoms with Crippen molar-refractivity contribution in [3.05, 3.63) is 16.4 Å². The predicted molar refractivity (Wildman–Crippen MR) is 75.9 cm³/mol. The van der Waals surface area contributed by atoms with Crippen molar-refractivity contribution >= 4 is 29.1 Å². The molecule has 1 N–H and O–H groups in total. The third kappa shape index (κ3) is 3.76. The number of aryl methyl sites for hydroxylation is 2. The Balaban J connectivity index is 2.00. The maximum atomic E-state index is 10.7. The zero-order valence-corrected chi connectivity index (χ0v) is 12.9. The predicted octanol–water partition coefficient (Wildman–Crippen LogP) is 1.77. The summed E-state index contributed by atoms with van der Waals surface area (Å²) in [7, 11) is 0. The van der Waals surface area contributed by atoms with E-state index in [2.05, 4.69) is 27.4 Å². The summed E-state index contributed by atoms with van der Waals surface area (Å²) >= 11 is 2.95. The minimum Gasteiger partial charge on any atom is -0.481 e. The van der Waals surface area contributed by atoms with Crippen molar-refractivity contribution in [2.24, 2.45) is 0 Å². The Labute approximate surface area is 124 Å². The number of hydrogen-bond acceptors (Lipinski definition) is 7. The monoisotopic (exact) mass is 313 g/mol. The number of rotatable bonds is 7. The molecule has 2 aromatic rings. The normalized spacial score (nSPS) is 10.9. The molecule has 0 saturated heterocycles. The van der Waals surface area contributed by atoms with E-state index in [4.69, 9.17) is 5.11 Å². The van der Waals surface area contributed by atoms with Crippen LogP contribution in [0.25, 0.3) is 0 Å². The molecule has 0 amide bonds. The Bertz CT molecular complexity index is 595. The third-order valence-electron chi connectivity index (χ3n) is 2.55. The molecule has 0 aliphatic carbocycles. The highest BCUT2D eigenvalue weighted by Crippen LogP contribution is 2.29. The molecule has 108 valence electrons. The lowest BCUT2D eigenvalue weighted by atomic mass is 10.3. The first kappa shape index (κ1) is 14.9. The molecule has 0 unspecified atom stereocenters. The SMILES string of the molecule is CCCn1nnnc1CSc1nc(C)c(CC(=O)O)s1. The Kier molecular flexibility index (Phi) is 5.07. The standard InChI is InChI=1S/C11H15N5O2S2/c1-3-4-16-9(13-14-15-16)6-19-11-12-7(2)8(20-11)5-10(17)18/h3-6H2,1-2H3,(H,17,18). The van der Waals surface area contributed by atoms with Crippen LogP contribution in [-0.2, 0) is 23.5 Å². The topological polar surface area (TPSA) is 93.8 Å². The maximum absolute atomic E-state index is 10.7. The van der Waals surface area contributed by atoms with Gasteiger partial charge in [0.15, 0.2) is 10.2 Å². The Morgan fingerprint density at radius 1 is 1.50 bits per heavy atom. The molecule has 0 aromatic carbocycles. The molecule has 0 spiro atoms. The summed E-state index contributed by atoms with van der Waals surface area (Å²) in [5.74, 6) is 0.608. The summed E-state index contributed by atoms with van der Waals surface area (Å²) in [4.78, 5) is 15.9. The highest BCUT2D eigenvalue weighted by atomic mass is 32.2. The van der Waals surface area contributed by atoms with Gasteiger partial charge in [0.25, 0.3) is 0 Å². The molecule has 0 aliphatic heterocycles. The van der Waals surface area contributed by atoms with Crippen LogP contribution in [0.2, 0.25) is 0 Å². The molecule has 0 radical (unpaired) electrons. The van der Waals surface area contributed by atoms with E-state index in [1.807, 2.05) is 6.92 Å². The first-order valence-electron chi connectivity index (χ1n) is 6.16. The second-order valence-electron chi connectivity index (χ2n) is 4.17. The number of nitrogens with zero attached hydrogens (tertiary/aromatic N) is 5. The largest absolute Gasteiger partial charge is 0.481 e. The molecule has 2 aromatic heterocycles. The van der Waals surface area contributed by atoms with Crippen molar-refractivity contribution in [2.75, 3.05) is 0 Å². The lowest BCUT2D eigenvalue weighted by molar-refractivity contribution is -0.136. The fraction of sp³-hybridized carbons (Fsp3) is 0.545. The van der Waals surface area contributed by atoms with Crippen LogP contribution in [0.4, 0.5) is 0 Å². The van der Waals surface area contributed by atoms with E-state index in [1.165, 1.54) is 23.1 Å². The van der Waals surface area contributed by atoms with Crippen molar-refractivity contribution in [2.45, 2.75) is 43.3 Å². The van der Waals surface area contributed by atoms with Gasteiger partial charge in [0.2, 0.25) is 0 Å². The molecule has 2 rings (SSSR count). The van der Waals surface area contributed by atoms with Crippen LogP contribution in [0.1, 0.15) is 29.7 Å². The molecule has 0 aliphatic rings. The van der Waals surface area contributed by atoms with E-state index >= 15 is 0 Å². The average Bonchev–Trinajstić information content (AvgIpc) is 2.95. The summed E-state index contributed by atoms with van der Waals surface area (Å²) in [5.41, 5.74) is 0.785. The number of thiazole rings is 1. The molecule has 2 heterocycles. The summed E-state index contributed by atoms with van der Waals surface area (Å²) in [6.45, 7) is 4.70. The van der Waals surface area contributed by atoms with Crippen LogP contribution in [0.3, 0.4) is 0 Å². The van der Waals surface area contributed by atoms with Gasteiger partial charge in [-0.1, -0.05) is 18.7 Å². The van der Waals surface area contributed by atoms with Crippen LogP contribution in [-0.4, -0.2) is 36.3 Å². The summed E-state index contributed by atoms with van der Waals surface area (Å²) < 4.78 is 2.64. The molecule has 0 bridgehead atoms. The summed E-state index contributed by atoms with van der Waals surface area (Å²) in [6.07, 6.45) is 0.999. The van der Waals surface area contributed by atoms with Gasteiger partial charge in [-0.2, -0.15) is 0 Å². The molecule has 0 saturated carbocycles. The first-order chi connectivity index (χ1) is 9.60. The fourth-order valence-electron chi connectivity index (χ4n) is 1.60. The van der Waals surface area contributed by atoms with Crippen molar-refractivity contribution < 1.29 is 9.90 Å². The second kappa shape index (κ2) is 6.80. The van der Waals surface area contributed by atoms with Gasteiger partial charge in [-0.3, -0.25) is 4.79 Å². The third-order valence-corrected chi connectivity index (χ3v) is 4.85. The van der Waals surface area contributed by atoms with Crippen LogP contribution in [0.15, 0.2) is 4.34 Å². The maximum Gasteiger partial charge on any atom is 0.308 e. The zero-order chi connectivity index (χ0) is 14.5. The lowest BCUT2D eigenvalue weighted by Crippen LogP contribution is -2.04. The van der Waals surface area contributed by atoms with Gasteiger partial charge in [-0.25, -0.2) is 9.67 Å². The minimum atomic E-state index is -0.833. The first-order valence-corrected chi connectivity index (χ1v) is 7.96. The van der Waals surface area contributed by atoms with Crippen LogP contribution in [0, 0.1) is 6.92 Å². The Hall–Kier alpha value is -1.48. The molecule has 0 fully saturated rings. The van der Waals surface area contributed by atoms with Gasteiger partial charge in [-0.15, -0.1) is 16.4 Å². The van der Waals surface area contributed by atoms with Crippen LogP contribution in [0.5, 0.6) is 0 Å². The van der Waals surface area contributed by atoms with E-state index in [-0.39, 0.29) is 6.42 Å². The second-order valence-corrected chi connectivity index (χ2v) is 6.47. The Morgan fingerprint density at radius 2 is 2.30 bits per heavy atom. The van der Waals surface area contributed by atoms with Crippen molar-refractivity contribution in [1.29, 1.82) is 0 Å². The van der Waals surface area contributed by atoms with Crippen LogP contribution >= 0.6 is 23.1 Å². The smallest absolute Gasteiger partial charge is 0.308 e. The number of hydrogen-bond donors (Lipinski definition) is 1. The van der Waals surface area contributed by atoms with E-state index in [0.717, 1.165) is 33.7 Å². The molecular formula is C11H15N5O2S2. The Morgan fingerprint density at radius 3 is 3.00 bits per heavy atom. The van der Waals surface area contributed by atoms with E-state index in [9.17, 15) is 4.79 Å². The number of aromatic nitrogens is 5. The number of carboxylic acid groups (broad SMARTS) is 1. The highest BCUT2D eigenvalue weighted by Gasteiger charge is 2.13. The zero-order valence-electron chi connectivity index (χ0n) is 11.2. The molecule has 0 atom stereocenters. The summed E-state index contributed by atoms with van der Waals surface area (Å²) in [5, 5.41) is 20.4. The highest BCUT2D eigenvalue weighted by molar-refractivity contribution is 8.00. The van der Waals surface area contributed by atoms with Gasteiger partial charge in [0, 0.05) is 11.4 Å². The molecule has 7 nitrogen and oxygen atoms in total. The molecule has 9 heteroatoms. The lowest BCUT2D eigenvalue weighted by Gasteiger charge is -2.00. The quantitative estimate of drug-likeness (QED) is 0.778. The van der Waals surface area contributed by atoms with Crippen LogP contribution < -0.4 is 0 Å². The van der Waals surface area contributed by atoms with Gasteiger partial charge in [-0.05, 0) is 23.8 Å². The summed E-state index contributed by atoms with van der Waals surface area (Å²) in [6, 6.07) is 0. The van der Waals surface area contributed by atoms with Gasteiger partial charge >= 0.3 is 5.97 Å². The molecular weight excluding hydrogens is 298 g/mol. The van der Waals surface area contributed by atoms with E-state index < -0.39 is 5.97 Å². The number of carboxylic acids is 1. The van der Waals surface area contributed by atoms with Crippen molar-refractivity contribution in [1.82, 2.24) is 25.2 Å². The van der Waals surface area contributed by atoms with Gasteiger partial charge in [0.05, 0.1) is 17.9 Å². The molecule has 20 heavy (non-hydrogen) atoms. The average molecular weight is 313 g/mol. The van der Waals surface area contributed by atoms with Gasteiger partial charge in [0.1, 0.15) is 0 Å². The van der Waals surface area contributed by atoms with E-state index in [0.29, 0.717) is 5.75 Å². The van der Waals surface area contributed by atoms with Crippen molar-refractivity contribution in [3.8, 4) is 0 Å². The van der Waals surface area contributed by atoms with Crippen molar-refractivity contribution in [3.63, 3.8) is 0 Å². The number of tetrazole rings is 1. The minimum absolute atomic E-state index is 0.0254. The number of carbonyl (C=O) groups is 1. The fourth-order valence-corrected chi connectivity index (χ4v) is 3.76.